The van der Waals surface area contributed by atoms with Gasteiger partial charge in [-0.1, -0.05) is 0 Å². The Morgan fingerprint density at radius 3 is 2.26 bits per heavy atom. The van der Waals surface area contributed by atoms with Crippen LogP contribution in [0.5, 0.6) is 23.0 Å². The summed E-state index contributed by atoms with van der Waals surface area (Å²) < 4.78 is 10.3. The first-order valence-electron chi connectivity index (χ1n) is 5.40. The third-order valence-corrected chi connectivity index (χ3v) is 2.86. The van der Waals surface area contributed by atoms with E-state index in [2.05, 4.69) is 0 Å². The third kappa shape index (κ3) is 1.87. The van der Waals surface area contributed by atoms with E-state index in [1.807, 2.05) is 0 Å². The van der Waals surface area contributed by atoms with Gasteiger partial charge in [0.05, 0.1) is 19.6 Å². The molecule has 0 bridgehead atoms. The van der Waals surface area contributed by atoms with E-state index in [1.165, 1.54) is 20.3 Å². The molecule has 0 aliphatic carbocycles. The minimum Gasteiger partial charge on any atom is -0.507 e. The monoisotopic (exact) mass is 263 g/mol. The number of aromatic hydroxyl groups is 2. The molecule has 0 fully saturated rings. The van der Waals surface area contributed by atoms with Crippen LogP contribution >= 0.6 is 0 Å². The Bertz CT molecular complexity index is 666. The Kier molecular flexibility index (Phi) is 3.08. The van der Waals surface area contributed by atoms with Crippen molar-refractivity contribution in [2.45, 2.75) is 0 Å². The molecule has 2 aromatic rings. The average Bonchev–Trinajstić information content (AvgIpc) is 2.36. The molecule has 2 rings (SSSR count). The lowest BCUT2D eigenvalue weighted by Crippen LogP contribution is -2.11. The largest absolute Gasteiger partial charge is 0.507 e. The predicted molar refractivity (Wildman–Crippen MR) is 68.9 cm³/mol. The van der Waals surface area contributed by atoms with Crippen LogP contribution in [0.15, 0.2) is 18.2 Å². The van der Waals surface area contributed by atoms with Gasteiger partial charge in [0.15, 0.2) is 0 Å². The van der Waals surface area contributed by atoms with Gasteiger partial charge in [-0.3, -0.25) is 4.79 Å². The average molecular weight is 263 g/mol. The number of hydrogen-bond acceptors (Lipinski definition) is 5. The summed E-state index contributed by atoms with van der Waals surface area (Å²) in [6.45, 7) is 0. The predicted octanol–water partition coefficient (Wildman–Crippen LogP) is 1.37. The molecule has 19 heavy (non-hydrogen) atoms. The molecule has 0 spiro atoms. The molecule has 0 aliphatic rings. The molecular formula is C13H13NO5. The first-order valence-corrected chi connectivity index (χ1v) is 5.40. The van der Waals surface area contributed by atoms with Crippen molar-refractivity contribution in [3.63, 3.8) is 0 Å². The summed E-state index contributed by atoms with van der Waals surface area (Å²) in [4.78, 5) is 11.3. The molecule has 1 amide bonds. The van der Waals surface area contributed by atoms with Crippen molar-refractivity contribution in [1.29, 1.82) is 0 Å². The Hall–Kier alpha value is -2.63. The highest BCUT2D eigenvalue weighted by atomic mass is 16.5. The summed E-state index contributed by atoms with van der Waals surface area (Å²) in [6.07, 6.45) is 0. The number of fused-ring (bicyclic) bond motifs is 1. The van der Waals surface area contributed by atoms with E-state index in [1.54, 1.807) is 12.1 Å². The van der Waals surface area contributed by atoms with Gasteiger partial charge in [0.1, 0.15) is 28.6 Å². The second kappa shape index (κ2) is 4.56. The van der Waals surface area contributed by atoms with E-state index in [0.29, 0.717) is 16.9 Å². The molecular weight excluding hydrogens is 250 g/mol. The van der Waals surface area contributed by atoms with Crippen molar-refractivity contribution in [1.82, 2.24) is 0 Å². The minimum absolute atomic E-state index is 0.258. The van der Waals surface area contributed by atoms with Gasteiger partial charge in [0.2, 0.25) is 0 Å². The molecule has 0 saturated carbocycles. The lowest BCUT2D eigenvalue weighted by Gasteiger charge is -2.13. The van der Waals surface area contributed by atoms with Gasteiger partial charge >= 0.3 is 0 Å². The Balaban J connectivity index is 2.98. The summed E-state index contributed by atoms with van der Waals surface area (Å²) in [5.74, 6) is -1.00. The fourth-order valence-corrected chi connectivity index (χ4v) is 2.01. The molecule has 0 aromatic heterocycles. The summed E-state index contributed by atoms with van der Waals surface area (Å²) in [5, 5.41) is 20.6. The van der Waals surface area contributed by atoms with Crippen molar-refractivity contribution >= 4 is 16.7 Å². The number of ether oxygens (including phenoxy) is 2. The zero-order chi connectivity index (χ0) is 14.2. The maximum absolute atomic E-state index is 11.3. The van der Waals surface area contributed by atoms with E-state index in [0.717, 1.165) is 0 Å². The third-order valence-electron chi connectivity index (χ3n) is 2.86. The summed E-state index contributed by atoms with van der Waals surface area (Å²) in [7, 11) is 2.88. The van der Waals surface area contributed by atoms with Gasteiger partial charge in [0.25, 0.3) is 5.91 Å². The van der Waals surface area contributed by atoms with Gasteiger partial charge in [-0.25, -0.2) is 0 Å². The first-order chi connectivity index (χ1) is 9.01. The smallest absolute Gasteiger partial charge is 0.256 e. The molecule has 4 N–H and O–H groups in total. The van der Waals surface area contributed by atoms with Crippen LogP contribution in [0.25, 0.3) is 10.8 Å². The van der Waals surface area contributed by atoms with Crippen LogP contribution in [0, 0.1) is 0 Å². The van der Waals surface area contributed by atoms with Crippen molar-refractivity contribution in [2.75, 3.05) is 14.2 Å². The van der Waals surface area contributed by atoms with Crippen LogP contribution in [0.3, 0.4) is 0 Å². The van der Waals surface area contributed by atoms with Gasteiger partial charge < -0.3 is 25.4 Å². The van der Waals surface area contributed by atoms with E-state index in [4.69, 9.17) is 15.2 Å². The molecule has 2 aromatic carbocycles. The zero-order valence-corrected chi connectivity index (χ0v) is 10.4. The maximum Gasteiger partial charge on any atom is 0.256 e. The van der Waals surface area contributed by atoms with E-state index in [-0.39, 0.29) is 10.9 Å². The number of carbonyl (C=O) groups is 1. The first kappa shape index (κ1) is 12.8. The van der Waals surface area contributed by atoms with Crippen LogP contribution in [0.4, 0.5) is 0 Å². The highest BCUT2D eigenvalue weighted by Crippen LogP contribution is 2.43. The molecule has 100 valence electrons. The van der Waals surface area contributed by atoms with Gasteiger partial charge in [0, 0.05) is 5.39 Å². The second-order valence-electron chi connectivity index (χ2n) is 3.88. The molecule has 0 aliphatic heterocycles. The quantitative estimate of drug-likeness (QED) is 0.776. The number of nitrogens with two attached hydrogens (primary N) is 1. The highest BCUT2D eigenvalue weighted by Gasteiger charge is 2.21. The lowest BCUT2D eigenvalue weighted by atomic mass is 10.0. The van der Waals surface area contributed by atoms with Gasteiger partial charge in [-0.05, 0) is 18.2 Å². The lowest BCUT2D eigenvalue weighted by molar-refractivity contribution is 0.0995. The fourth-order valence-electron chi connectivity index (χ4n) is 2.01. The minimum atomic E-state index is -0.929. The number of hydrogen-bond donors (Lipinski definition) is 3. The van der Waals surface area contributed by atoms with Crippen molar-refractivity contribution in [3.8, 4) is 23.0 Å². The van der Waals surface area contributed by atoms with Crippen LogP contribution in [0.1, 0.15) is 10.4 Å². The summed E-state index contributed by atoms with van der Waals surface area (Å²) >= 11 is 0. The standard InChI is InChI=1S/C13H13NO5/c1-18-8-3-4-9(19-2)10-6(8)5-7(15)11(12(10)16)13(14)17/h3-5,15-16H,1-2H3,(H2,14,17). The maximum atomic E-state index is 11.3. The number of primary amides is 1. The van der Waals surface area contributed by atoms with Crippen molar-refractivity contribution in [3.05, 3.63) is 23.8 Å². The van der Waals surface area contributed by atoms with Crippen LogP contribution in [-0.2, 0) is 0 Å². The number of amides is 1. The van der Waals surface area contributed by atoms with Gasteiger partial charge in [-0.2, -0.15) is 0 Å². The Morgan fingerprint density at radius 2 is 1.74 bits per heavy atom. The molecule has 0 atom stereocenters. The molecule has 0 saturated heterocycles. The molecule has 0 unspecified atom stereocenters. The fraction of sp³-hybridized carbons (Fsp3) is 0.154. The Labute approximate surface area is 109 Å². The molecule has 6 nitrogen and oxygen atoms in total. The zero-order valence-electron chi connectivity index (χ0n) is 10.4. The highest BCUT2D eigenvalue weighted by molar-refractivity contribution is 6.08. The van der Waals surface area contributed by atoms with E-state index in [9.17, 15) is 15.0 Å². The summed E-state index contributed by atoms with van der Waals surface area (Å²) in [5.41, 5.74) is 4.79. The normalized spacial score (nSPS) is 10.4. The summed E-state index contributed by atoms with van der Waals surface area (Å²) in [6, 6.07) is 4.52. The molecule has 0 heterocycles. The topological polar surface area (TPSA) is 102 Å². The number of benzene rings is 2. The number of rotatable bonds is 3. The number of methoxy groups -OCH3 is 2. The van der Waals surface area contributed by atoms with Crippen molar-refractivity contribution < 1.29 is 24.5 Å². The molecule has 0 radical (unpaired) electrons. The number of carbonyl (C=O) groups excluding carboxylic acids is 1. The SMILES string of the molecule is COc1ccc(OC)c2c(O)c(C(N)=O)c(O)cc12. The van der Waals surface area contributed by atoms with Gasteiger partial charge in [-0.15, -0.1) is 0 Å². The van der Waals surface area contributed by atoms with Crippen molar-refractivity contribution in [2.24, 2.45) is 5.73 Å². The Morgan fingerprint density at radius 1 is 1.16 bits per heavy atom. The van der Waals surface area contributed by atoms with Crippen LogP contribution < -0.4 is 15.2 Å². The second-order valence-corrected chi connectivity index (χ2v) is 3.88. The van der Waals surface area contributed by atoms with Crippen LogP contribution in [0.2, 0.25) is 0 Å². The van der Waals surface area contributed by atoms with E-state index >= 15 is 0 Å². The number of phenols is 2. The van der Waals surface area contributed by atoms with Crippen LogP contribution in [-0.4, -0.2) is 30.3 Å². The van der Waals surface area contributed by atoms with E-state index < -0.39 is 17.4 Å². The molecule has 6 heteroatoms.